The number of hydrogen-bond donors (Lipinski definition) is 0. The number of carbonyl (C=O) groups is 1. The Labute approximate surface area is 162 Å². The molecule has 0 aliphatic carbocycles. The molecule has 0 fully saturated rings. The molecule has 3 nitrogen and oxygen atoms in total. The van der Waals surface area contributed by atoms with Gasteiger partial charge in [-0.2, -0.15) is 0 Å². The first kappa shape index (κ1) is 19.5. The van der Waals surface area contributed by atoms with Crippen molar-refractivity contribution in [3.8, 4) is 11.5 Å². The maximum absolute atomic E-state index is 12.8. The third-order valence-electron chi connectivity index (χ3n) is 5.07. The first-order chi connectivity index (χ1) is 12.5. The summed E-state index contributed by atoms with van der Waals surface area (Å²) in [5.74, 6) is 0.954. The van der Waals surface area contributed by atoms with Crippen LogP contribution in [0.15, 0.2) is 36.4 Å². The molecule has 1 heterocycles. The molecule has 1 atom stereocenters. The van der Waals surface area contributed by atoms with Crippen molar-refractivity contribution in [1.82, 2.24) is 0 Å². The van der Waals surface area contributed by atoms with Crippen LogP contribution in [0.3, 0.4) is 0 Å². The molecular formula is C24H30O3. The zero-order chi connectivity index (χ0) is 20.0. The van der Waals surface area contributed by atoms with Gasteiger partial charge in [-0.1, -0.05) is 65.8 Å². The zero-order valence-electron chi connectivity index (χ0n) is 17.5. The molecule has 0 amide bonds. The average molecular weight is 367 g/mol. The highest BCUT2D eigenvalue weighted by molar-refractivity contribution is 5.90. The van der Waals surface area contributed by atoms with Crippen molar-refractivity contribution in [3.05, 3.63) is 58.7 Å². The van der Waals surface area contributed by atoms with Gasteiger partial charge < -0.3 is 9.47 Å². The number of fused-ring (bicyclic) bond motifs is 1. The smallest absolute Gasteiger partial charge is 0.323 e. The topological polar surface area (TPSA) is 35.5 Å². The van der Waals surface area contributed by atoms with E-state index in [0.29, 0.717) is 6.61 Å². The standard InChI is InChI=1S/C24H30O3/c1-8-26-17-11-9-15(10-12-17)20-18-13-16(23(2,3)4)14-19(24(5,6)7)21(18)27-22(20)25/h9-14,20H,8H2,1-7H3. The molecule has 27 heavy (non-hydrogen) atoms. The third kappa shape index (κ3) is 3.73. The molecule has 1 aliphatic heterocycles. The van der Waals surface area contributed by atoms with E-state index in [-0.39, 0.29) is 22.7 Å². The molecule has 0 saturated heterocycles. The van der Waals surface area contributed by atoms with Crippen LogP contribution in [0.4, 0.5) is 0 Å². The van der Waals surface area contributed by atoms with E-state index in [1.807, 2.05) is 31.2 Å². The van der Waals surface area contributed by atoms with Crippen LogP contribution in [0.1, 0.15) is 76.6 Å². The maximum atomic E-state index is 12.8. The lowest BCUT2D eigenvalue weighted by atomic mass is 9.77. The fraction of sp³-hybridized carbons (Fsp3) is 0.458. The highest BCUT2D eigenvalue weighted by atomic mass is 16.5. The summed E-state index contributed by atoms with van der Waals surface area (Å²) < 4.78 is 11.3. The molecule has 3 heteroatoms. The van der Waals surface area contributed by atoms with Crippen LogP contribution in [0.2, 0.25) is 0 Å². The Morgan fingerprint density at radius 3 is 2.11 bits per heavy atom. The van der Waals surface area contributed by atoms with Crippen LogP contribution in [0, 0.1) is 0 Å². The van der Waals surface area contributed by atoms with Crippen molar-refractivity contribution in [2.45, 2.75) is 65.2 Å². The molecule has 1 unspecified atom stereocenters. The van der Waals surface area contributed by atoms with Gasteiger partial charge >= 0.3 is 5.97 Å². The van der Waals surface area contributed by atoms with E-state index in [9.17, 15) is 4.79 Å². The number of benzene rings is 2. The van der Waals surface area contributed by atoms with E-state index < -0.39 is 0 Å². The van der Waals surface area contributed by atoms with E-state index in [1.165, 1.54) is 5.56 Å². The van der Waals surface area contributed by atoms with E-state index in [4.69, 9.17) is 9.47 Å². The quantitative estimate of drug-likeness (QED) is 0.514. The number of hydrogen-bond acceptors (Lipinski definition) is 3. The molecule has 0 radical (unpaired) electrons. The second kappa shape index (κ2) is 6.70. The number of carbonyl (C=O) groups excluding carboxylic acids is 1. The summed E-state index contributed by atoms with van der Waals surface area (Å²) in [5, 5.41) is 0. The Balaban J connectivity index is 2.15. The van der Waals surface area contributed by atoms with Crippen LogP contribution in [-0.2, 0) is 15.6 Å². The summed E-state index contributed by atoms with van der Waals surface area (Å²) in [6.45, 7) is 15.7. The molecule has 1 aliphatic rings. The third-order valence-corrected chi connectivity index (χ3v) is 5.07. The van der Waals surface area contributed by atoms with Gasteiger partial charge in [0.15, 0.2) is 0 Å². The Morgan fingerprint density at radius 2 is 1.59 bits per heavy atom. The van der Waals surface area contributed by atoms with Gasteiger partial charge in [0.2, 0.25) is 0 Å². The molecule has 2 aromatic rings. The first-order valence-electron chi connectivity index (χ1n) is 9.65. The van der Waals surface area contributed by atoms with Gasteiger partial charge in [-0.3, -0.25) is 4.79 Å². The van der Waals surface area contributed by atoms with E-state index in [0.717, 1.165) is 28.2 Å². The van der Waals surface area contributed by atoms with Gasteiger partial charge in [0.25, 0.3) is 0 Å². The Hall–Kier alpha value is -2.29. The van der Waals surface area contributed by atoms with Gasteiger partial charge in [-0.15, -0.1) is 0 Å². The lowest BCUT2D eigenvalue weighted by molar-refractivity contribution is -0.133. The van der Waals surface area contributed by atoms with Crippen LogP contribution in [-0.4, -0.2) is 12.6 Å². The molecular weight excluding hydrogens is 336 g/mol. The van der Waals surface area contributed by atoms with Crippen LogP contribution in [0.25, 0.3) is 0 Å². The maximum Gasteiger partial charge on any atom is 0.323 e. The predicted octanol–water partition coefficient (Wildman–Crippen LogP) is 5.73. The van der Waals surface area contributed by atoms with E-state index in [2.05, 4.69) is 53.7 Å². The highest BCUT2D eigenvalue weighted by Crippen LogP contribution is 2.47. The monoisotopic (exact) mass is 366 g/mol. The fourth-order valence-corrected chi connectivity index (χ4v) is 3.50. The molecule has 2 aromatic carbocycles. The molecule has 0 bridgehead atoms. The normalized spacial score (nSPS) is 16.9. The van der Waals surface area contributed by atoms with Gasteiger partial charge in [0.1, 0.15) is 17.4 Å². The molecule has 0 saturated carbocycles. The van der Waals surface area contributed by atoms with Crippen molar-refractivity contribution in [2.75, 3.05) is 6.61 Å². The lowest BCUT2D eigenvalue weighted by Crippen LogP contribution is -2.17. The van der Waals surface area contributed by atoms with E-state index in [1.54, 1.807) is 0 Å². The van der Waals surface area contributed by atoms with E-state index >= 15 is 0 Å². The van der Waals surface area contributed by atoms with Crippen LogP contribution >= 0.6 is 0 Å². The van der Waals surface area contributed by atoms with Gasteiger partial charge in [0, 0.05) is 11.1 Å². The minimum absolute atomic E-state index is 0.00988. The summed E-state index contributed by atoms with van der Waals surface area (Å²) in [6, 6.07) is 12.1. The molecule has 144 valence electrons. The Bertz CT molecular complexity index is 849. The largest absolute Gasteiger partial charge is 0.494 e. The second-order valence-corrected chi connectivity index (χ2v) is 9.30. The average Bonchev–Trinajstić information content (AvgIpc) is 2.89. The van der Waals surface area contributed by atoms with Crippen molar-refractivity contribution in [2.24, 2.45) is 0 Å². The summed E-state index contributed by atoms with van der Waals surface area (Å²) >= 11 is 0. The SMILES string of the molecule is CCOc1ccc(C2C(=O)Oc3c2cc(C(C)(C)C)cc3C(C)(C)C)cc1. The first-order valence-corrected chi connectivity index (χ1v) is 9.65. The summed E-state index contributed by atoms with van der Waals surface area (Å²) in [5.41, 5.74) is 4.10. The summed E-state index contributed by atoms with van der Waals surface area (Å²) in [6.07, 6.45) is 0. The predicted molar refractivity (Wildman–Crippen MR) is 109 cm³/mol. The lowest BCUT2D eigenvalue weighted by Gasteiger charge is -2.27. The number of ether oxygens (including phenoxy) is 2. The second-order valence-electron chi connectivity index (χ2n) is 9.30. The van der Waals surface area contributed by atoms with Gasteiger partial charge in [-0.05, 0) is 41.0 Å². The summed E-state index contributed by atoms with van der Waals surface area (Å²) in [7, 11) is 0. The van der Waals surface area contributed by atoms with Crippen LogP contribution in [0.5, 0.6) is 11.5 Å². The number of esters is 1. The Kier molecular flexibility index (Phi) is 4.83. The zero-order valence-corrected chi connectivity index (χ0v) is 17.5. The molecule has 0 aromatic heterocycles. The van der Waals surface area contributed by atoms with Gasteiger partial charge in [-0.25, -0.2) is 0 Å². The highest BCUT2D eigenvalue weighted by Gasteiger charge is 2.39. The Morgan fingerprint density at radius 1 is 0.963 bits per heavy atom. The molecule has 3 rings (SSSR count). The van der Waals surface area contributed by atoms with Crippen molar-refractivity contribution < 1.29 is 14.3 Å². The minimum atomic E-state index is -0.390. The van der Waals surface area contributed by atoms with Crippen LogP contribution < -0.4 is 9.47 Å². The summed E-state index contributed by atoms with van der Waals surface area (Å²) in [4.78, 5) is 12.8. The molecule has 0 spiro atoms. The van der Waals surface area contributed by atoms with Gasteiger partial charge in [0.05, 0.1) is 6.61 Å². The molecule has 0 N–H and O–H groups in total. The van der Waals surface area contributed by atoms with Crippen molar-refractivity contribution in [1.29, 1.82) is 0 Å². The number of rotatable bonds is 3. The van der Waals surface area contributed by atoms with Crippen molar-refractivity contribution in [3.63, 3.8) is 0 Å². The van der Waals surface area contributed by atoms with Crippen molar-refractivity contribution >= 4 is 5.97 Å². The minimum Gasteiger partial charge on any atom is -0.494 e. The fourth-order valence-electron chi connectivity index (χ4n) is 3.50.